The summed E-state index contributed by atoms with van der Waals surface area (Å²) in [5.41, 5.74) is -0.386. The molecule has 8 heteroatoms. The van der Waals surface area contributed by atoms with E-state index in [4.69, 9.17) is 5.11 Å². The standard InChI is InChI=1S/C12H21N3O4S/c1-7(9(16)14-12(2,3)4)13-11(19)15-6-20-5-8(15)10(17)18/h7-8H,5-6H2,1-4H3,(H,13,19)(H,14,16)(H,17,18)/t7?,8-/m0/s1. The number of aliphatic carboxylic acids is 1. The molecule has 0 aliphatic carbocycles. The van der Waals surface area contributed by atoms with Crippen LogP contribution in [0.25, 0.3) is 0 Å². The fourth-order valence-corrected chi connectivity index (χ4v) is 2.80. The Kier molecular flexibility index (Phi) is 5.27. The van der Waals surface area contributed by atoms with E-state index < -0.39 is 24.1 Å². The summed E-state index contributed by atoms with van der Waals surface area (Å²) >= 11 is 1.38. The van der Waals surface area contributed by atoms with Crippen LogP contribution in [0, 0.1) is 0 Å². The van der Waals surface area contributed by atoms with Crippen LogP contribution < -0.4 is 10.6 Å². The Morgan fingerprint density at radius 1 is 1.35 bits per heavy atom. The Bertz CT molecular complexity index is 408. The van der Waals surface area contributed by atoms with Gasteiger partial charge in [0.1, 0.15) is 12.1 Å². The summed E-state index contributed by atoms with van der Waals surface area (Å²) in [4.78, 5) is 36.1. The van der Waals surface area contributed by atoms with Crippen LogP contribution in [0.1, 0.15) is 27.7 Å². The monoisotopic (exact) mass is 303 g/mol. The van der Waals surface area contributed by atoms with Crippen molar-refractivity contribution in [3.8, 4) is 0 Å². The maximum atomic E-state index is 12.0. The van der Waals surface area contributed by atoms with Gasteiger partial charge in [-0.2, -0.15) is 0 Å². The summed E-state index contributed by atoms with van der Waals surface area (Å²) in [6.45, 7) is 7.10. The summed E-state index contributed by atoms with van der Waals surface area (Å²) in [5.74, 6) is -0.650. The van der Waals surface area contributed by atoms with Gasteiger partial charge in [-0.05, 0) is 27.7 Å². The highest BCUT2D eigenvalue weighted by atomic mass is 32.2. The second-order valence-electron chi connectivity index (χ2n) is 5.73. The Hall–Kier alpha value is -1.44. The molecule has 1 saturated heterocycles. The number of rotatable bonds is 3. The topological polar surface area (TPSA) is 98.7 Å². The van der Waals surface area contributed by atoms with Gasteiger partial charge in [-0.1, -0.05) is 0 Å². The van der Waals surface area contributed by atoms with Crippen molar-refractivity contribution in [2.24, 2.45) is 0 Å². The molecule has 0 radical (unpaired) electrons. The van der Waals surface area contributed by atoms with Crippen LogP contribution in [0.15, 0.2) is 0 Å². The van der Waals surface area contributed by atoms with E-state index in [1.807, 2.05) is 20.8 Å². The molecule has 2 atom stereocenters. The van der Waals surface area contributed by atoms with Gasteiger partial charge < -0.3 is 20.6 Å². The molecule has 1 heterocycles. The molecule has 1 aliphatic heterocycles. The molecule has 114 valence electrons. The van der Waals surface area contributed by atoms with Gasteiger partial charge in [-0.25, -0.2) is 9.59 Å². The van der Waals surface area contributed by atoms with Crippen LogP contribution in [0.3, 0.4) is 0 Å². The molecule has 3 amide bonds. The quantitative estimate of drug-likeness (QED) is 0.703. The Morgan fingerprint density at radius 3 is 2.45 bits per heavy atom. The first-order chi connectivity index (χ1) is 9.11. The van der Waals surface area contributed by atoms with Crippen LogP contribution in [-0.4, -0.2) is 57.2 Å². The van der Waals surface area contributed by atoms with Gasteiger partial charge in [0, 0.05) is 11.3 Å². The average Bonchev–Trinajstić information content (AvgIpc) is 2.75. The summed E-state index contributed by atoms with van der Waals surface area (Å²) < 4.78 is 0. The lowest BCUT2D eigenvalue weighted by Crippen LogP contribution is -2.55. The van der Waals surface area contributed by atoms with E-state index in [0.717, 1.165) is 0 Å². The van der Waals surface area contributed by atoms with Gasteiger partial charge in [0.25, 0.3) is 0 Å². The first-order valence-corrected chi connectivity index (χ1v) is 7.47. The van der Waals surface area contributed by atoms with Gasteiger partial charge in [0.2, 0.25) is 5.91 Å². The predicted molar refractivity (Wildman–Crippen MR) is 76.5 cm³/mol. The third-order valence-electron chi connectivity index (χ3n) is 2.66. The van der Waals surface area contributed by atoms with Crippen molar-refractivity contribution >= 4 is 29.7 Å². The van der Waals surface area contributed by atoms with Crippen molar-refractivity contribution in [1.82, 2.24) is 15.5 Å². The van der Waals surface area contributed by atoms with Gasteiger partial charge in [0.05, 0.1) is 5.88 Å². The van der Waals surface area contributed by atoms with Gasteiger partial charge in [-0.15, -0.1) is 11.8 Å². The fourth-order valence-electron chi connectivity index (χ4n) is 1.66. The normalized spacial score (nSPS) is 20.4. The largest absolute Gasteiger partial charge is 0.480 e. The van der Waals surface area contributed by atoms with E-state index in [-0.39, 0.29) is 11.4 Å². The first-order valence-electron chi connectivity index (χ1n) is 6.31. The Balaban J connectivity index is 2.57. The molecule has 0 aromatic heterocycles. The van der Waals surface area contributed by atoms with Crippen molar-refractivity contribution < 1.29 is 19.5 Å². The molecule has 0 spiro atoms. The number of nitrogens with one attached hydrogen (secondary N) is 2. The van der Waals surface area contributed by atoms with E-state index in [2.05, 4.69) is 10.6 Å². The Morgan fingerprint density at radius 2 is 1.95 bits per heavy atom. The third-order valence-corrected chi connectivity index (χ3v) is 3.67. The minimum absolute atomic E-state index is 0.301. The molecule has 1 fully saturated rings. The number of carbonyl (C=O) groups is 3. The number of hydrogen-bond donors (Lipinski definition) is 3. The second-order valence-corrected chi connectivity index (χ2v) is 6.73. The lowest BCUT2D eigenvalue weighted by molar-refractivity contribution is -0.140. The van der Waals surface area contributed by atoms with E-state index in [1.54, 1.807) is 6.92 Å². The molecular weight excluding hydrogens is 282 g/mol. The van der Waals surface area contributed by atoms with Crippen molar-refractivity contribution in [2.75, 3.05) is 11.6 Å². The number of urea groups is 1. The average molecular weight is 303 g/mol. The van der Waals surface area contributed by atoms with Crippen LogP contribution in [0.2, 0.25) is 0 Å². The minimum atomic E-state index is -1.03. The maximum Gasteiger partial charge on any atom is 0.327 e. The van der Waals surface area contributed by atoms with Crippen LogP contribution in [-0.2, 0) is 9.59 Å². The van der Waals surface area contributed by atoms with Crippen molar-refractivity contribution in [3.05, 3.63) is 0 Å². The number of thioether (sulfide) groups is 1. The van der Waals surface area contributed by atoms with Crippen molar-refractivity contribution in [3.63, 3.8) is 0 Å². The van der Waals surface area contributed by atoms with Crippen molar-refractivity contribution in [1.29, 1.82) is 0 Å². The molecule has 0 saturated carbocycles. The summed E-state index contributed by atoms with van der Waals surface area (Å²) in [7, 11) is 0. The van der Waals surface area contributed by atoms with Gasteiger partial charge >= 0.3 is 12.0 Å². The lowest BCUT2D eigenvalue weighted by atomic mass is 10.1. The number of carboxylic acids is 1. The summed E-state index contributed by atoms with van der Waals surface area (Å²) in [6, 6.07) is -2.08. The first kappa shape index (κ1) is 16.6. The smallest absolute Gasteiger partial charge is 0.327 e. The summed E-state index contributed by atoms with van der Waals surface area (Å²) in [5, 5.41) is 14.3. The number of carboxylic acid groups (broad SMARTS) is 1. The SMILES string of the molecule is CC(NC(=O)N1CSC[C@H]1C(=O)O)C(=O)NC(C)(C)C. The number of amides is 3. The van der Waals surface area contributed by atoms with E-state index >= 15 is 0 Å². The fraction of sp³-hybridized carbons (Fsp3) is 0.750. The molecule has 1 unspecified atom stereocenters. The third kappa shape index (κ3) is 4.59. The molecule has 0 bridgehead atoms. The Labute approximate surface area is 122 Å². The molecule has 1 aliphatic rings. The highest BCUT2D eigenvalue weighted by Crippen LogP contribution is 2.20. The van der Waals surface area contributed by atoms with Gasteiger partial charge in [0.15, 0.2) is 0 Å². The molecule has 0 aromatic rings. The van der Waals surface area contributed by atoms with E-state index in [9.17, 15) is 14.4 Å². The number of hydrogen-bond acceptors (Lipinski definition) is 4. The van der Waals surface area contributed by atoms with Crippen LogP contribution in [0.4, 0.5) is 4.79 Å². The second kappa shape index (κ2) is 6.34. The molecule has 3 N–H and O–H groups in total. The molecule has 20 heavy (non-hydrogen) atoms. The van der Waals surface area contributed by atoms with E-state index in [1.165, 1.54) is 16.7 Å². The highest BCUT2D eigenvalue weighted by Gasteiger charge is 2.35. The molecule has 7 nitrogen and oxygen atoms in total. The molecular formula is C12H21N3O4S. The van der Waals surface area contributed by atoms with Crippen LogP contribution >= 0.6 is 11.8 Å². The highest BCUT2D eigenvalue weighted by molar-refractivity contribution is 7.99. The zero-order valence-electron chi connectivity index (χ0n) is 12.1. The zero-order chi connectivity index (χ0) is 15.5. The minimum Gasteiger partial charge on any atom is -0.480 e. The van der Waals surface area contributed by atoms with Gasteiger partial charge in [-0.3, -0.25) is 4.79 Å². The summed E-state index contributed by atoms with van der Waals surface area (Å²) in [6.07, 6.45) is 0. The predicted octanol–water partition coefficient (Wildman–Crippen LogP) is 0.459. The van der Waals surface area contributed by atoms with E-state index in [0.29, 0.717) is 11.6 Å². The van der Waals surface area contributed by atoms with Crippen molar-refractivity contribution in [2.45, 2.75) is 45.3 Å². The lowest BCUT2D eigenvalue weighted by Gasteiger charge is -2.26. The maximum absolute atomic E-state index is 12.0. The molecule has 0 aromatic carbocycles. The number of nitrogens with zero attached hydrogens (tertiary/aromatic N) is 1. The molecule has 1 rings (SSSR count). The number of carbonyl (C=O) groups excluding carboxylic acids is 2. The van der Waals surface area contributed by atoms with Crippen LogP contribution in [0.5, 0.6) is 0 Å². The zero-order valence-corrected chi connectivity index (χ0v) is 12.9.